The van der Waals surface area contributed by atoms with Crippen LogP contribution in [-0.4, -0.2) is 26.9 Å². The average Bonchev–Trinajstić information content (AvgIpc) is 3.05. The normalized spacial score (nSPS) is 10.8. The molecule has 0 bridgehead atoms. The van der Waals surface area contributed by atoms with Gasteiger partial charge in [-0.05, 0) is 24.3 Å². The number of aromatic nitrogens is 4. The van der Waals surface area contributed by atoms with Crippen LogP contribution in [0.5, 0.6) is 5.75 Å². The molecule has 0 saturated heterocycles. The molecule has 2 aromatic carbocycles. The fraction of sp³-hybridized carbons (Fsp3) is 0.0588. The van der Waals surface area contributed by atoms with Crippen molar-refractivity contribution in [2.24, 2.45) is 0 Å². The van der Waals surface area contributed by atoms with E-state index in [9.17, 15) is 5.26 Å². The summed E-state index contributed by atoms with van der Waals surface area (Å²) in [7, 11) is 1.62. The predicted molar refractivity (Wildman–Crippen MR) is 85.0 cm³/mol. The van der Waals surface area contributed by atoms with Gasteiger partial charge in [-0.3, -0.25) is 0 Å². The van der Waals surface area contributed by atoms with Crippen molar-refractivity contribution < 1.29 is 4.74 Å². The number of rotatable bonds is 2. The van der Waals surface area contributed by atoms with Gasteiger partial charge in [0.15, 0.2) is 17.2 Å². The van der Waals surface area contributed by atoms with E-state index in [4.69, 9.17) is 4.74 Å². The van der Waals surface area contributed by atoms with Gasteiger partial charge in [-0.15, -0.1) is 10.2 Å². The Kier molecular flexibility index (Phi) is 2.91. The lowest BCUT2D eigenvalue weighted by Crippen LogP contribution is -1.99. The Labute approximate surface area is 131 Å². The van der Waals surface area contributed by atoms with E-state index >= 15 is 0 Å². The van der Waals surface area contributed by atoms with E-state index in [1.807, 2.05) is 48.5 Å². The van der Waals surface area contributed by atoms with Crippen molar-refractivity contribution in [3.63, 3.8) is 0 Å². The highest BCUT2D eigenvalue weighted by molar-refractivity contribution is 5.96. The van der Waals surface area contributed by atoms with E-state index in [0.717, 1.165) is 22.1 Å². The molecule has 0 aliphatic heterocycles. The van der Waals surface area contributed by atoms with Gasteiger partial charge >= 0.3 is 0 Å². The molecule has 0 amide bonds. The molecule has 0 saturated carbocycles. The highest BCUT2D eigenvalue weighted by Crippen LogP contribution is 2.25. The zero-order valence-corrected chi connectivity index (χ0v) is 12.3. The van der Waals surface area contributed by atoms with Crippen LogP contribution in [-0.2, 0) is 0 Å². The van der Waals surface area contributed by atoms with Crippen molar-refractivity contribution in [3.8, 4) is 23.2 Å². The van der Waals surface area contributed by atoms with E-state index in [1.165, 1.54) is 0 Å². The number of nitrogens with zero attached hydrogens (tertiary/aromatic N) is 5. The van der Waals surface area contributed by atoms with Crippen LogP contribution in [0.1, 0.15) is 5.69 Å². The van der Waals surface area contributed by atoms with Crippen LogP contribution in [0, 0.1) is 11.3 Å². The Balaban J connectivity index is 2.02. The van der Waals surface area contributed by atoms with Gasteiger partial charge in [0.1, 0.15) is 11.8 Å². The molecular formula is C17H11N5O. The SMILES string of the molecule is COc1ccc(-c2nnc3c4ccccc4c(C#N)nn23)cc1. The van der Waals surface area contributed by atoms with Gasteiger partial charge in [-0.25, -0.2) is 0 Å². The summed E-state index contributed by atoms with van der Waals surface area (Å²) in [5.74, 6) is 1.35. The van der Waals surface area contributed by atoms with E-state index in [-0.39, 0.29) is 0 Å². The molecule has 6 nitrogen and oxygen atoms in total. The maximum absolute atomic E-state index is 9.38. The Morgan fingerprint density at radius 2 is 1.74 bits per heavy atom. The van der Waals surface area contributed by atoms with Crippen LogP contribution in [0.3, 0.4) is 0 Å². The van der Waals surface area contributed by atoms with Gasteiger partial charge in [-0.2, -0.15) is 14.9 Å². The quantitative estimate of drug-likeness (QED) is 0.569. The Hall–Kier alpha value is -3.46. The first-order chi connectivity index (χ1) is 11.3. The molecule has 2 aromatic heterocycles. The first-order valence-corrected chi connectivity index (χ1v) is 7.00. The largest absolute Gasteiger partial charge is 0.497 e. The predicted octanol–water partition coefficient (Wildman–Crippen LogP) is 2.82. The topological polar surface area (TPSA) is 76.1 Å². The maximum atomic E-state index is 9.38. The first-order valence-electron chi connectivity index (χ1n) is 7.00. The van der Waals surface area contributed by atoms with E-state index in [0.29, 0.717) is 17.2 Å². The number of hydrogen-bond donors (Lipinski definition) is 0. The van der Waals surface area contributed by atoms with Gasteiger partial charge in [0.25, 0.3) is 0 Å². The fourth-order valence-corrected chi connectivity index (χ4v) is 2.58. The molecule has 110 valence electrons. The van der Waals surface area contributed by atoms with Gasteiger partial charge in [-0.1, -0.05) is 24.3 Å². The molecule has 6 heteroatoms. The van der Waals surface area contributed by atoms with Crippen LogP contribution in [0.4, 0.5) is 0 Å². The highest BCUT2D eigenvalue weighted by Gasteiger charge is 2.15. The third kappa shape index (κ3) is 1.99. The smallest absolute Gasteiger partial charge is 0.186 e. The van der Waals surface area contributed by atoms with E-state index < -0.39 is 0 Å². The Morgan fingerprint density at radius 3 is 2.43 bits per heavy atom. The molecule has 0 radical (unpaired) electrons. The van der Waals surface area contributed by atoms with Crippen LogP contribution in [0.2, 0.25) is 0 Å². The van der Waals surface area contributed by atoms with Crippen LogP contribution in [0.25, 0.3) is 27.8 Å². The summed E-state index contributed by atoms with van der Waals surface area (Å²) in [5, 5.41) is 23.9. The van der Waals surface area contributed by atoms with Gasteiger partial charge in [0, 0.05) is 16.3 Å². The number of hydrogen-bond acceptors (Lipinski definition) is 5. The van der Waals surface area contributed by atoms with Crippen molar-refractivity contribution in [1.29, 1.82) is 5.26 Å². The fourth-order valence-electron chi connectivity index (χ4n) is 2.58. The molecule has 0 unspecified atom stereocenters. The minimum atomic E-state index is 0.350. The zero-order chi connectivity index (χ0) is 15.8. The molecule has 0 aliphatic carbocycles. The number of ether oxygens (including phenoxy) is 1. The number of nitriles is 1. The molecular weight excluding hydrogens is 290 g/mol. The minimum Gasteiger partial charge on any atom is -0.497 e. The summed E-state index contributed by atoms with van der Waals surface area (Å²) in [6.07, 6.45) is 0. The molecule has 4 aromatic rings. The first kappa shape index (κ1) is 13.2. The molecule has 0 fully saturated rings. The lowest BCUT2D eigenvalue weighted by molar-refractivity contribution is 0.415. The van der Waals surface area contributed by atoms with Crippen molar-refractivity contribution >= 4 is 16.4 Å². The van der Waals surface area contributed by atoms with Gasteiger partial charge in [0.05, 0.1) is 7.11 Å². The van der Waals surface area contributed by atoms with Gasteiger partial charge < -0.3 is 4.74 Å². The molecule has 0 spiro atoms. The Bertz CT molecular complexity index is 1060. The summed E-state index contributed by atoms with van der Waals surface area (Å²) in [6.45, 7) is 0. The van der Waals surface area contributed by atoms with Crippen LogP contribution >= 0.6 is 0 Å². The van der Waals surface area contributed by atoms with Crippen LogP contribution in [0.15, 0.2) is 48.5 Å². The van der Waals surface area contributed by atoms with Crippen molar-refractivity contribution in [2.75, 3.05) is 7.11 Å². The monoisotopic (exact) mass is 301 g/mol. The molecule has 4 rings (SSSR count). The summed E-state index contributed by atoms with van der Waals surface area (Å²) in [6, 6.07) is 17.2. The summed E-state index contributed by atoms with van der Waals surface area (Å²) in [4.78, 5) is 0. The lowest BCUT2D eigenvalue weighted by atomic mass is 10.1. The second-order valence-electron chi connectivity index (χ2n) is 4.99. The second-order valence-corrected chi connectivity index (χ2v) is 4.99. The number of benzene rings is 2. The second kappa shape index (κ2) is 5.07. The standard InChI is InChI=1S/C17H11N5O/c1-23-12-8-6-11(7-9-12)16-19-20-17-14-5-3-2-4-13(14)15(10-18)21-22(16)17/h2-9H,1H3. The average molecular weight is 301 g/mol. The molecule has 0 N–H and O–H groups in total. The number of fused-ring (bicyclic) bond motifs is 3. The van der Waals surface area contributed by atoms with Crippen molar-refractivity contribution in [2.45, 2.75) is 0 Å². The number of methoxy groups -OCH3 is 1. The Morgan fingerprint density at radius 1 is 1.00 bits per heavy atom. The van der Waals surface area contributed by atoms with Crippen LogP contribution < -0.4 is 4.74 Å². The van der Waals surface area contributed by atoms with Gasteiger partial charge in [0.2, 0.25) is 0 Å². The molecule has 2 heterocycles. The van der Waals surface area contributed by atoms with E-state index in [1.54, 1.807) is 11.6 Å². The molecule has 0 aliphatic rings. The molecule has 0 atom stereocenters. The summed E-state index contributed by atoms with van der Waals surface area (Å²) in [5.41, 5.74) is 1.83. The third-order valence-corrected chi connectivity index (χ3v) is 3.72. The summed E-state index contributed by atoms with van der Waals surface area (Å²) < 4.78 is 6.78. The zero-order valence-electron chi connectivity index (χ0n) is 12.3. The minimum absolute atomic E-state index is 0.350. The summed E-state index contributed by atoms with van der Waals surface area (Å²) >= 11 is 0. The third-order valence-electron chi connectivity index (χ3n) is 3.72. The lowest BCUT2D eigenvalue weighted by Gasteiger charge is -2.04. The molecule has 23 heavy (non-hydrogen) atoms. The van der Waals surface area contributed by atoms with E-state index in [2.05, 4.69) is 21.4 Å². The van der Waals surface area contributed by atoms with Crippen molar-refractivity contribution in [3.05, 3.63) is 54.2 Å². The maximum Gasteiger partial charge on any atom is 0.186 e. The highest BCUT2D eigenvalue weighted by atomic mass is 16.5. The van der Waals surface area contributed by atoms with Crippen molar-refractivity contribution in [1.82, 2.24) is 19.8 Å².